The van der Waals surface area contributed by atoms with Gasteiger partial charge in [0.05, 0.1) is 0 Å². The Balaban J connectivity index is 1.47. The van der Waals surface area contributed by atoms with Crippen molar-refractivity contribution in [3.8, 4) is 0 Å². The minimum atomic E-state index is -3.56. The topological polar surface area (TPSA) is 56.8 Å². The zero-order valence-electron chi connectivity index (χ0n) is 16.3. The molecule has 2 saturated heterocycles. The molecule has 3 heterocycles. The van der Waals surface area contributed by atoms with E-state index in [1.807, 2.05) is 11.9 Å². The van der Waals surface area contributed by atoms with Crippen molar-refractivity contribution in [3.63, 3.8) is 0 Å². The third-order valence-electron chi connectivity index (χ3n) is 5.74. The van der Waals surface area contributed by atoms with Crippen molar-refractivity contribution in [2.24, 2.45) is 0 Å². The van der Waals surface area contributed by atoms with Gasteiger partial charge >= 0.3 is 0 Å². The first-order chi connectivity index (χ1) is 13.9. The number of benzene rings is 1. The van der Waals surface area contributed by atoms with Crippen LogP contribution >= 0.6 is 0 Å². The van der Waals surface area contributed by atoms with Gasteiger partial charge in [-0.15, -0.1) is 0 Å². The molecule has 9 heteroatoms. The van der Waals surface area contributed by atoms with Crippen molar-refractivity contribution in [2.75, 3.05) is 51.2 Å². The minimum absolute atomic E-state index is 0.115. The monoisotopic (exact) mass is 422 g/mol. The Hall–Kier alpha value is -2.10. The number of likely N-dealkylation sites (N-methyl/N-ethyl adjacent to an activating group) is 1. The standard InChI is InChI=1S/C20H24F2N4O2S/c1-24-9-11-26(12-10-24)29(27,28)16-5-6-19(23-13-16)25-8-7-15(14-25)20-17(21)3-2-4-18(20)22/h2-6,13,15H,7-12,14H2,1H3. The van der Waals surface area contributed by atoms with Crippen LogP contribution < -0.4 is 4.90 Å². The molecule has 2 aliphatic rings. The smallest absolute Gasteiger partial charge is 0.244 e. The number of sulfonamides is 1. The van der Waals surface area contributed by atoms with Crippen LogP contribution in [0.1, 0.15) is 17.9 Å². The normalized spacial score (nSPS) is 21.6. The Morgan fingerprint density at radius 1 is 1.00 bits per heavy atom. The van der Waals surface area contributed by atoms with Crippen molar-refractivity contribution in [1.82, 2.24) is 14.2 Å². The van der Waals surface area contributed by atoms with E-state index in [0.29, 0.717) is 51.5 Å². The van der Waals surface area contributed by atoms with Crippen LogP contribution in [0, 0.1) is 11.6 Å². The fourth-order valence-electron chi connectivity index (χ4n) is 3.99. The van der Waals surface area contributed by atoms with Crippen LogP contribution in [-0.2, 0) is 10.0 Å². The maximum atomic E-state index is 14.1. The third-order valence-corrected chi connectivity index (χ3v) is 7.62. The van der Waals surface area contributed by atoms with Crippen LogP contribution in [0.2, 0.25) is 0 Å². The van der Waals surface area contributed by atoms with Gasteiger partial charge in [-0.25, -0.2) is 22.2 Å². The molecule has 0 radical (unpaired) electrons. The van der Waals surface area contributed by atoms with Gasteiger partial charge in [0.2, 0.25) is 10.0 Å². The first-order valence-corrected chi connectivity index (χ1v) is 11.1. The molecule has 4 rings (SSSR count). The Morgan fingerprint density at radius 2 is 1.69 bits per heavy atom. The molecular weight excluding hydrogens is 398 g/mol. The second-order valence-electron chi connectivity index (χ2n) is 7.63. The van der Waals surface area contributed by atoms with E-state index < -0.39 is 21.7 Å². The number of piperazine rings is 1. The molecule has 0 amide bonds. The molecule has 2 fully saturated rings. The molecule has 0 spiro atoms. The van der Waals surface area contributed by atoms with E-state index in [4.69, 9.17) is 0 Å². The van der Waals surface area contributed by atoms with Crippen LogP contribution in [-0.4, -0.2) is 68.9 Å². The van der Waals surface area contributed by atoms with Gasteiger partial charge in [0, 0.05) is 56.9 Å². The Kier molecular flexibility index (Phi) is 5.54. The number of rotatable bonds is 4. The summed E-state index contributed by atoms with van der Waals surface area (Å²) in [5.41, 5.74) is 0.115. The maximum Gasteiger partial charge on any atom is 0.244 e. The summed E-state index contributed by atoms with van der Waals surface area (Å²) in [6, 6.07) is 7.15. The van der Waals surface area contributed by atoms with Crippen molar-refractivity contribution in [3.05, 3.63) is 53.7 Å². The largest absolute Gasteiger partial charge is 0.356 e. The van der Waals surface area contributed by atoms with Crippen molar-refractivity contribution >= 4 is 15.8 Å². The summed E-state index contributed by atoms with van der Waals surface area (Å²) in [5, 5.41) is 0. The van der Waals surface area contributed by atoms with E-state index in [0.717, 1.165) is 0 Å². The van der Waals surface area contributed by atoms with E-state index >= 15 is 0 Å². The lowest BCUT2D eigenvalue weighted by Gasteiger charge is -2.31. The summed E-state index contributed by atoms with van der Waals surface area (Å²) in [6.45, 7) is 3.37. The number of hydrogen-bond donors (Lipinski definition) is 0. The number of halogens is 2. The predicted molar refractivity (Wildman–Crippen MR) is 106 cm³/mol. The highest BCUT2D eigenvalue weighted by molar-refractivity contribution is 7.89. The summed E-state index contributed by atoms with van der Waals surface area (Å²) in [7, 11) is -1.60. The van der Waals surface area contributed by atoms with Crippen molar-refractivity contribution < 1.29 is 17.2 Å². The lowest BCUT2D eigenvalue weighted by Crippen LogP contribution is -2.47. The number of aromatic nitrogens is 1. The second kappa shape index (κ2) is 7.97. The average molecular weight is 423 g/mol. The zero-order chi connectivity index (χ0) is 20.6. The van der Waals surface area contributed by atoms with E-state index in [1.165, 1.54) is 28.7 Å². The number of anilines is 1. The summed E-state index contributed by atoms with van der Waals surface area (Å²) < 4.78 is 55.2. The highest BCUT2D eigenvalue weighted by Crippen LogP contribution is 2.33. The fourth-order valence-corrected chi connectivity index (χ4v) is 5.36. The van der Waals surface area contributed by atoms with Gasteiger partial charge in [-0.05, 0) is 37.7 Å². The van der Waals surface area contributed by atoms with E-state index in [9.17, 15) is 17.2 Å². The van der Waals surface area contributed by atoms with Crippen LogP contribution in [0.25, 0.3) is 0 Å². The SMILES string of the molecule is CN1CCN(S(=O)(=O)c2ccc(N3CCC(c4c(F)cccc4F)C3)nc2)CC1. The molecule has 0 aliphatic carbocycles. The zero-order valence-corrected chi connectivity index (χ0v) is 17.1. The Morgan fingerprint density at radius 3 is 2.31 bits per heavy atom. The summed E-state index contributed by atoms with van der Waals surface area (Å²) in [6.07, 6.45) is 1.99. The maximum absolute atomic E-state index is 14.1. The highest BCUT2D eigenvalue weighted by atomic mass is 32.2. The first kappa shape index (κ1) is 20.2. The second-order valence-corrected chi connectivity index (χ2v) is 9.56. The van der Waals surface area contributed by atoms with Gasteiger partial charge in [0.15, 0.2) is 0 Å². The highest BCUT2D eigenvalue weighted by Gasteiger charge is 2.30. The third kappa shape index (κ3) is 3.99. The van der Waals surface area contributed by atoms with Crippen LogP contribution in [0.3, 0.4) is 0 Å². The fraction of sp³-hybridized carbons (Fsp3) is 0.450. The van der Waals surface area contributed by atoms with Gasteiger partial charge in [-0.2, -0.15) is 4.31 Å². The molecule has 2 aromatic rings. The molecule has 1 atom stereocenters. The molecule has 29 heavy (non-hydrogen) atoms. The van der Waals surface area contributed by atoms with E-state index in [-0.39, 0.29) is 16.4 Å². The van der Waals surface area contributed by atoms with Crippen LogP contribution in [0.15, 0.2) is 41.4 Å². The van der Waals surface area contributed by atoms with Crippen LogP contribution in [0.5, 0.6) is 0 Å². The number of hydrogen-bond acceptors (Lipinski definition) is 5. The molecular formula is C20H24F2N4O2S. The molecule has 1 unspecified atom stereocenters. The molecule has 156 valence electrons. The van der Waals surface area contributed by atoms with Gasteiger partial charge in [0.1, 0.15) is 22.3 Å². The molecule has 1 aromatic heterocycles. The number of pyridine rings is 1. The summed E-state index contributed by atoms with van der Waals surface area (Å²) in [5.74, 6) is -0.704. The van der Waals surface area contributed by atoms with Gasteiger partial charge in [-0.3, -0.25) is 0 Å². The van der Waals surface area contributed by atoms with Gasteiger partial charge in [0.25, 0.3) is 0 Å². The van der Waals surface area contributed by atoms with Crippen LogP contribution in [0.4, 0.5) is 14.6 Å². The number of nitrogens with zero attached hydrogens (tertiary/aromatic N) is 4. The molecule has 0 saturated carbocycles. The predicted octanol–water partition coefficient (Wildman–Crippen LogP) is 2.29. The van der Waals surface area contributed by atoms with E-state index in [1.54, 1.807) is 12.1 Å². The molecule has 0 bridgehead atoms. The quantitative estimate of drug-likeness (QED) is 0.757. The first-order valence-electron chi connectivity index (χ1n) is 9.70. The minimum Gasteiger partial charge on any atom is -0.356 e. The molecule has 0 N–H and O–H groups in total. The summed E-state index contributed by atoms with van der Waals surface area (Å²) in [4.78, 5) is 8.53. The lowest BCUT2D eigenvalue weighted by atomic mass is 9.97. The van der Waals surface area contributed by atoms with Gasteiger partial charge in [-0.1, -0.05) is 6.07 Å². The molecule has 6 nitrogen and oxygen atoms in total. The lowest BCUT2D eigenvalue weighted by molar-refractivity contribution is 0.222. The van der Waals surface area contributed by atoms with Gasteiger partial charge < -0.3 is 9.80 Å². The molecule has 1 aromatic carbocycles. The Bertz CT molecular complexity index is 956. The average Bonchev–Trinajstić information content (AvgIpc) is 3.18. The Labute approximate surface area is 169 Å². The van der Waals surface area contributed by atoms with E-state index in [2.05, 4.69) is 9.88 Å². The molecule has 2 aliphatic heterocycles. The summed E-state index contributed by atoms with van der Waals surface area (Å²) >= 11 is 0. The van der Waals surface area contributed by atoms with Crippen molar-refractivity contribution in [1.29, 1.82) is 0 Å². The van der Waals surface area contributed by atoms with Crippen molar-refractivity contribution in [2.45, 2.75) is 17.2 Å².